The Kier molecular flexibility index (Phi) is 6.97. The normalized spacial score (nSPS) is 12.3. The molecule has 0 N–H and O–H groups in total. The van der Waals surface area contributed by atoms with E-state index in [0.29, 0.717) is 0 Å². The average molecular weight is 390 g/mol. The van der Waals surface area contributed by atoms with Gasteiger partial charge in [-0.1, -0.05) is 77.1 Å². The number of hydrogen-bond donors (Lipinski definition) is 0. The van der Waals surface area contributed by atoms with Crippen molar-refractivity contribution in [2.45, 2.75) is 30.6 Å². The van der Waals surface area contributed by atoms with Crippen LogP contribution in [0.3, 0.4) is 0 Å². The van der Waals surface area contributed by atoms with Gasteiger partial charge in [0, 0.05) is 9.79 Å². The Morgan fingerprint density at radius 2 is 1.33 bits per heavy atom. The molecule has 0 spiro atoms. The van der Waals surface area contributed by atoms with Crippen molar-refractivity contribution in [1.82, 2.24) is 0 Å². The number of rotatable bonds is 5. The quantitative estimate of drug-likeness (QED) is 0.250. The fourth-order valence-corrected chi connectivity index (χ4v) is 4.03. The summed E-state index contributed by atoms with van der Waals surface area (Å²) >= 11 is 3.43. The minimum absolute atomic E-state index is 0.979. The van der Waals surface area contributed by atoms with Gasteiger partial charge in [0.15, 0.2) is 0 Å². The molecule has 0 saturated heterocycles. The zero-order valence-electron chi connectivity index (χ0n) is 15.8. The average Bonchev–Trinajstić information content (AvgIpc) is 2.69. The molecule has 3 heteroatoms. The molecule has 0 fully saturated rings. The predicted octanol–water partition coefficient (Wildman–Crippen LogP) is 7.82. The van der Waals surface area contributed by atoms with Crippen LogP contribution < -0.4 is 0 Å². The number of aliphatic imine (C=N–C) groups is 1. The molecule has 0 saturated carbocycles. The Hall–Kier alpha value is -2.23. The second-order valence-corrected chi connectivity index (χ2v) is 8.40. The van der Waals surface area contributed by atoms with E-state index in [1.165, 1.54) is 20.9 Å². The molecule has 1 nitrogen and oxygen atoms in total. The SMILES string of the molecule is CC(=C\Sc1ccc(C)cc1)/C(=N/c1ccc(C)cc1)Sc1ccccc1. The van der Waals surface area contributed by atoms with Crippen LogP contribution in [0.5, 0.6) is 0 Å². The summed E-state index contributed by atoms with van der Waals surface area (Å²) in [4.78, 5) is 7.35. The van der Waals surface area contributed by atoms with Gasteiger partial charge in [0.25, 0.3) is 0 Å². The maximum atomic E-state index is 4.92. The van der Waals surface area contributed by atoms with E-state index >= 15 is 0 Å². The molecule has 3 rings (SSSR count). The first-order valence-corrected chi connectivity index (χ1v) is 10.6. The summed E-state index contributed by atoms with van der Waals surface area (Å²) in [5.41, 5.74) is 4.66. The molecular formula is C24H23NS2. The van der Waals surface area contributed by atoms with E-state index in [1.807, 2.05) is 6.07 Å². The third kappa shape index (κ3) is 6.16. The lowest BCUT2D eigenvalue weighted by Gasteiger charge is -2.08. The molecule has 0 heterocycles. The number of nitrogens with zero attached hydrogens (tertiary/aromatic N) is 1. The van der Waals surface area contributed by atoms with Crippen molar-refractivity contribution in [2.24, 2.45) is 4.99 Å². The molecule has 3 aromatic carbocycles. The molecule has 3 aromatic rings. The van der Waals surface area contributed by atoms with Crippen molar-refractivity contribution < 1.29 is 0 Å². The van der Waals surface area contributed by atoms with E-state index in [2.05, 4.69) is 99.0 Å². The lowest BCUT2D eigenvalue weighted by molar-refractivity contribution is 1.38. The first-order valence-electron chi connectivity index (χ1n) is 8.89. The van der Waals surface area contributed by atoms with Crippen molar-refractivity contribution in [2.75, 3.05) is 0 Å². The van der Waals surface area contributed by atoms with Crippen LogP contribution in [0.2, 0.25) is 0 Å². The first-order chi connectivity index (χ1) is 13.1. The Morgan fingerprint density at radius 1 is 0.741 bits per heavy atom. The van der Waals surface area contributed by atoms with Crippen LogP contribution in [-0.4, -0.2) is 5.04 Å². The van der Waals surface area contributed by atoms with Gasteiger partial charge in [-0.15, -0.1) is 0 Å². The highest BCUT2D eigenvalue weighted by Crippen LogP contribution is 2.29. The van der Waals surface area contributed by atoms with Crippen LogP contribution in [-0.2, 0) is 0 Å². The summed E-state index contributed by atoms with van der Waals surface area (Å²) in [6.45, 7) is 6.33. The molecule has 27 heavy (non-hydrogen) atoms. The van der Waals surface area contributed by atoms with Gasteiger partial charge < -0.3 is 0 Å². The van der Waals surface area contributed by atoms with Gasteiger partial charge in [0.1, 0.15) is 5.04 Å². The van der Waals surface area contributed by atoms with E-state index in [9.17, 15) is 0 Å². The topological polar surface area (TPSA) is 12.4 Å². The Morgan fingerprint density at radius 3 is 1.96 bits per heavy atom. The van der Waals surface area contributed by atoms with Crippen LogP contribution in [0.15, 0.2) is 105 Å². The van der Waals surface area contributed by atoms with E-state index in [1.54, 1.807) is 23.5 Å². The monoisotopic (exact) mass is 389 g/mol. The molecule has 0 aliphatic rings. The fourth-order valence-electron chi connectivity index (χ4n) is 2.35. The number of thioether (sulfide) groups is 2. The van der Waals surface area contributed by atoms with E-state index in [-0.39, 0.29) is 0 Å². The van der Waals surface area contributed by atoms with Crippen molar-refractivity contribution >= 4 is 34.3 Å². The van der Waals surface area contributed by atoms with Crippen molar-refractivity contribution in [1.29, 1.82) is 0 Å². The standard InChI is InChI=1S/C24H23NS2/c1-18-9-13-21(14-10-18)25-24(27-23-7-5-4-6-8-23)20(3)17-26-22-15-11-19(2)12-16-22/h4-17H,1-3H3/b20-17+,25-24-. The number of benzene rings is 3. The van der Waals surface area contributed by atoms with Crippen LogP contribution in [0.25, 0.3) is 0 Å². The molecule has 0 atom stereocenters. The summed E-state index contributed by atoms with van der Waals surface area (Å²) in [7, 11) is 0. The van der Waals surface area contributed by atoms with Crippen LogP contribution >= 0.6 is 23.5 Å². The molecule has 0 aliphatic carbocycles. The predicted molar refractivity (Wildman–Crippen MR) is 121 cm³/mol. The summed E-state index contributed by atoms with van der Waals surface area (Å²) in [5, 5.41) is 3.21. The van der Waals surface area contributed by atoms with E-state index in [4.69, 9.17) is 4.99 Å². The Bertz CT molecular complexity index is 924. The van der Waals surface area contributed by atoms with Crippen molar-refractivity contribution in [3.63, 3.8) is 0 Å². The summed E-state index contributed by atoms with van der Waals surface area (Å²) in [6.07, 6.45) is 0. The molecule has 0 bridgehead atoms. The highest BCUT2D eigenvalue weighted by Gasteiger charge is 2.07. The number of aryl methyl sites for hydroxylation is 2. The molecule has 0 aromatic heterocycles. The Balaban J connectivity index is 1.86. The van der Waals surface area contributed by atoms with Crippen LogP contribution in [0, 0.1) is 13.8 Å². The lowest BCUT2D eigenvalue weighted by Crippen LogP contribution is -1.94. The molecule has 0 radical (unpaired) electrons. The smallest absolute Gasteiger partial charge is 0.105 e. The third-order valence-corrected chi connectivity index (χ3v) is 6.08. The van der Waals surface area contributed by atoms with Crippen molar-refractivity contribution in [3.05, 3.63) is 101 Å². The summed E-state index contributed by atoms with van der Waals surface area (Å²) < 4.78 is 0. The van der Waals surface area contributed by atoms with Gasteiger partial charge in [0.2, 0.25) is 0 Å². The van der Waals surface area contributed by atoms with Gasteiger partial charge in [-0.3, -0.25) is 0 Å². The summed E-state index contributed by atoms with van der Waals surface area (Å²) in [6, 6.07) is 27.4. The zero-order valence-corrected chi connectivity index (χ0v) is 17.5. The van der Waals surface area contributed by atoms with E-state index < -0.39 is 0 Å². The Labute approximate surface area is 170 Å². The van der Waals surface area contributed by atoms with Crippen molar-refractivity contribution in [3.8, 4) is 0 Å². The van der Waals surface area contributed by atoms with Gasteiger partial charge in [-0.05, 0) is 68.2 Å². The largest absolute Gasteiger partial charge is 0.241 e. The second-order valence-electron chi connectivity index (χ2n) is 6.40. The molecular weight excluding hydrogens is 366 g/mol. The molecule has 136 valence electrons. The minimum atomic E-state index is 0.979. The van der Waals surface area contributed by atoms with Gasteiger partial charge in [-0.25, -0.2) is 4.99 Å². The molecule has 0 unspecified atom stereocenters. The van der Waals surface area contributed by atoms with E-state index in [0.717, 1.165) is 16.3 Å². The maximum absolute atomic E-state index is 4.92. The lowest BCUT2D eigenvalue weighted by atomic mass is 10.2. The van der Waals surface area contributed by atoms with Gasteiger partial charge in [-0.2, -0.15) is 0 Å². The summed E-state index contributed by atoms with van der Waals surface area (Å²) in [5.74, 6) is 0. The van der Waals surface area contributed by atoms with Crippen LogP contribution in [0.4, 0.5) is 5.69 Å². The maximum Gasteiger partial charge on any atom is 0.105 e. The third-order valence-electron chi connectivity index (χ3n) is 3.95. The zero-order chi connectivity index (χ0) is 19.1. The fraction of sp³-hybridized carbons (Fsp3) is 0.125. The molecule has 0 amide bonds. The molecule has 0 aliphatic heterocycles. The highest BCUT2D eigenvalue weighted by atomic mass is 32.2. The van der Waals surface area contributed by atoms with Crippen LogP contribution in [0.1, 0.15) is 18.1 Å². The van der Waals surface area contributed by atoms with Gasteiger partial charge in [0.05, 0.1) is 5.69 Å². The van der Waals surface area contributed by atoms with Gasteiger partial charge >= 0.3 is 0 Å². The highest BCUT2D eigenvalue weighted by molar-refractivity contribution is 8.14. The minimum Gasteiger partial charge on any atom is -0.241 e. The number of hydrogen-bond acceptors (Lipinski definition) is 3. The second kappa shape index (κ2) is 9.63. The first kappa shape index (κ1) is 19.5.